The second-order valence-corrected chi connectivity index (χ2v) is 4.38. The van der Waals surface area contributed by atoms with E-state index in [0.717, 1.165) is 18.4 Å². The number of aliphatic hydroxyl groups is 1. The smallest absolute Gasteiger partial charge is 0.0820 e. The van der Waals surface area contributed by atoms with Gasteiger partial charge in [0.15, 0.2) is 0 Å². The molecule has 0 aromatic heterocycles. The minimum Gasteiger partial charge on any atom is -0.388 e. The van der Waals surface area contributed by atoms with Crippen molar-refractivity contribution >= 4 is 0 Å². The summed E-state index contributed by atoms with van der Waals surface area (Å²) in [4.78, 5) is 0. The van der Waals surface area contributed by atoms with Gasteiger partial charge in [-0.15, -0.1) is 0 Å². The molecule has 0 amide bonds. The standard InChI is InChI=1S/C14H22O/c1-5-12(6-2)14(15)13-9-10(3)7-8-11(13)4/h7-9,12,14-15H,5-6H2,1-4H3. The van der Waals surface area contributed by atoms with E-state index in [1.54, 1.807) is 0 Å². The van der Waals surface area contributed by atoms with Gasteiger partial charge in [0.1, 0.15) is 0 Å². The highest BCUT2D eigenvalue weighted by Gasteiger charge is 2.18. The van der Waals surface area contributed by atoms with E-state index in [2.05, 4.69) is 45.9 Å². The van der Waals surface area contributed by atoms with E-state index in [0.29, 0.717) is 5.92 Å². The van der Waals surface area contributed by atoms with E-state index in [-0.39, 0.29) is 6.10 Å². The van der Waals surface area contributed by atoms with Crippen molar-refractivity contribution in [2.75, 3.05) is 0 Å². The number of benzene rings is 1. The first-order valence-electron chi connectivity index (χ1n) is 5.85. The lowest BCUT2D eigenvalue weighted by molar-refractivity contribution is 0.103. The molecule has 0 saturated carbocycles. The topological polar surface area (TPSA) is 20.2 Å². The summed E-state index contributed by atoms with van der Waals surface area (Å²) < 4.78 is 0. The maximum Gasteiger partial charge on any atom is 0.0820 e. The molecule has 1 aromatic rings. The Morgan fingerprint density at radius 2 is 1.73 bits per heavy atom. The van der Waals surface area contributed by atoms with E-state index >= 15 is 0 Å². The second-order valence-electron chi connectivity index (χ2n) is 4.38. The number of hydrogen-bond donors (Lipinski definition) is 1. The highest BCUT2D eigenvalue weighted by Crippen LogP contribution is 2.29. The van der Waals surface area contributed by atoms with E-state index in [9.17, 15) is 5.11 Å². The first-order chi connectivity index (χ1) is 7.10. The monoisotopic (exact) mass is 206 g/mol. The van der Waals surface area contributed by atoms with Gasteiger partial charge in [-0.1, -0.05) is 50.5 Å². The molecule has 0 bridgehead atoms. The second kappa shape index (κ2) is 5.32. The van der Waals surface area contributed by atoms with Crippen molar-refractivity contribution in [2.45, 2.75) is 46.6 Å². The Hall–Kier alpha value is -0.820. The highest BCUT2D eigenvalue weighted by atomic mass is 16.3. The quantitative estimate of drug-likeness (QED) is 0.795. The molecule has 1 unspecified atom stereocenters. The lowest BCUT2D eigenvalue weighted by atomic mass is 9.88. The minimum atomic E-state index is -0.306. The molecule has 1 nitrogen and oxygen atoms in total. The van der Waals surface area contributed by atoms with Gasteiger partial charge in [-0.25, -0.2) is 0 Å². The van der Waals surface area contributed by atoms with Crippen molar-refractivity contribution < 1.29 is 5.11 Å². The van der Waals surface area contributed by atoms with Gasteiger partial charge >= 0.3 is 0 Å². The maximum absolute atomic E-state index is 10.3. The fourth-order valence-electron chi connectivity index (χ4n) is 2.07. The first-order valence-corrected chi connectivity index (χ1v) is 5.85. The van der Waals surface area contributed by atoms with Crippen LogP contribution in [0.3, 0.4) is 0 Å². The van der Waals surface area contributed by atoms with Crippen molar-refractivity contribution in [2.24, 2.45) is 5.92 Å². The number of aliphatic hydroxyl groups excluding tert-OH is 1. The van der Waals surface area contributed by atoms with Crippen molar-refractivity contribution in [1.29, 1.82) is 0 Å². The van der Waals surface area contributed by atoms with Crippen LogP contribution in [0.2, 0.25) is 0 Å². The molecule has 1 N–H and O–H groups in total. The summed E-state index contributed by atoms with van der Waals surface area (Å²) in [6, 6.07) is 6.30. The highest BCUT2D eigenvalue weighted by molar-refractivity contribution is 5.32. The third kappa shape index (κ3) is 2.82. The summed E-state index contributed by atoms with van der Waals surface area (Å²) >= 11 is 0. The molecule has 1 rings (SSSR count). The number of rotatable bonds is 4. The zero-order valence-corrected chi connectivity index (χ0v) is 10.2. The van der Waals surface area contributed by atoms with E-state index in [4.69, 9.17) is 0 Å². The van der Waals surface area contributed by atoms with E-state index < -0.39 is 0 Å². The predicted octanol–water partition coefficient (Wildman–Crippen LogP) is 3.77. The molecule has 0 fully saturated rings. The third-order valence-corrected chi connectivity index (χ3v) is 3.25. The number of hydrogen-bond acceptors (Lipinski definition) is 1. The van der Waals surface area contributed by atoms with Crippen LogP contribution in [0.25, 0.3) is 0 Å². The molecule has 84 valence electrons. The molecule has 0 aliphatic heterocycles. The van der Waals surface area contributed by atoms with Gasteiger partial charge in [-0.3, -0.25) is 0 Å². The lowest BCUT2D eigenvalue weighted by Gasteiger charge is -2.22. The summed E-state index contributed by atoms with van der Waals surface area (Å²) in [6.45, 7) is 8.42. The molecule has 1 aromatic carbocycles. The predicted molar refractivity (Wildman–Crippen MR) is 64.9 cm³/mol. The summed E-state index contributed by atoms with van der Waals surface area (Å²) in [7, 11) is 0. The molecule has 0 aliphatic rings. The Kier molecular flexibility index (Phi) is 4.34. The normalized spacial score (nSPS) is 13.2. The molecule has 1 heteroatoms. The van der Waals surface area contributed by atoms with Gasteiger partial charge in [0.25, 0.3) is 0 Å². The zero-order valence-electron chi connectivity index (χ0n) is 10.2. The van der Waals surface area contributed by atoms with Crippen LogP contribution in [0, 0.1) is 19.8 Å². The summed E-state index contributed by atoms with van der Waals surface area (Å²) in [5.41, 5.74) is 3.52. The van der Waals surface area contributed by atoms with Crippen LogP contribution < -0.4 is 0 Å². The number of aryl methyl sites for hydroxylation is 2. The average molecular weight is 206 g/mol. The van der Waals surface area contributed by atoms with Crippen molar-refractivity contribution in [1.82, 2.24) is 0 Å². The molecule has 0 heterocycles. The van der Waals surface area contributed by atoms with Gasteiger partial charge < -0.3 is 5.11 Å². The Bertz CT molecular complexity index is 313. The van der Waals surface area contributed by atoms with Gasteiger partial charge in [-0.2, -0.15) is 0 Å². The van der Waals surface area contributed by atoms with Gasteiger partial charge in [-0.05, 0) is 30.9 Å². The lowest BCUT2D eigenvalue weighted by Crippen LogP contribution is -2.12. The Labute approximate surface area is 93.1 Å². The fraction of sp³-hybridized carbons (Fsp3) is 0.571. The van der Waals surface area contributed by atoms with Crippen molar-refractivity contribution in [3.8, 4) is 0 Å². The van der Waals surface area contributed by atoms with E-state index in [1.165, 1.54) is 11.1 Å². The van der Waals surface area contributed by atoms with Crippen LogP contribution in [-0.2, 0) is 0 Å². The van der Waals surface area contributed by atoms with Gasteiger partial charge in [0.05, 0.1) is 6.10 Å². The van der Waals surface area contributed by atoms with Gasteiger partial charge in [0.2, 0.25) is 0 Å². The molecular weight excluding hydrogens is 184 g/mol. The summed E-state index contributed by atoms with van der Waals surface area (Å²) in [5, 5.41) is 10.3. The Morgan fingerprint density at radius 3 is 2.27 bits per heavy atom. The molecule has 1 atom stereocenters. The third-order valence-electron chi connectivity index (χ3n) is 3.25. The summed E-state index contributed by atoms with van der Waals surface area (Å²) in [5.74, 6) is 0.380. The summed E-state index contributed by atoms with van der Waals surface area (Å²) in [6.07, 6.45) is 1.76. The van der Waals surface area contributed by atoms with E-state index in [1.807, 2.05) is 0 Å². The Morgan fingerprint density at radius 1 is 1.13 bits per heavy atom. The molecule has 15 heavy (non-hydrogen) atoms. The average Bonchev–Trinajstić information content (AvgIpc) is 2.23. The largest absolute Gasteiger partial charge is 0.388 e. The SMILES string of the molecule is CCC(CC)C(O)c1cc(C)ccc1C. The van der Waals surface area contributed by atoms with Crippen LogP contribution in [0.1, 0.15) is 49.5 Å². The van der Waals surface area contributed by atoms with Crippen LogP contribution in [0.4, 0.5) is 0 Å². The van der Waals surface area contributed by atoms with Crippen LogP contribution in [-0.4, -0.2) is 5.11 Å². The molecule has 0 spiro atoms. The molecule has 0 saturated heterocycles. The molecule has 0 radical (unpaired) electrons. The van der Waals surface area contributed by atoms with Crippen LogP contribution in [0.15, 0.2) is 18.2 Å². The Balaban J connectivity index is 2.98. The molecule has 0 aliphatic carbocycles. The van der Waals surface area contributed by atoms with Crippen molar-refractivity contribution in [3.05, 3.63) is 34.9 Å². The van der Waals surface area contributed by atoms with Crippen LogP contribution >= 0.6 is 0 Å². The first kappa shape index (κ1) is 12.3. The van der Waals surface area contributed by atoms with Crippen molar-refractivity contribution in [3.63, 3.8) is 0 Å². The molecular formula is C14H22O. The fourth-order valence-corrected chi connectivity index (χ4v) is 2.07. The van der Waals surface area contributed by atoms with Crippen LogP contribution in [0.5, 0.6) is 0 Å². The minimum absolute atomic E-state index is 0.306. The zero-order chi connectivity index (χ0) is 11.4. The maximum atomic E-state index is 10.3. The van der Waals surface area contributed by atoms with Gasteiger partial charge in [0, 0.05) is 0 Å².